The van der Waals surface area contributed by atoms with E-state index >= 15 is 0 Å². The molecule has 0 bridgehead atoms. The second-order valence-electron chi connectivity index (χ2n) is 4.99. The van der Waals surface area contributed by atoms with E-state index in [-0.39, 0.29) is 0 Å². The van der Waals surface area contributed by atoms with Crippen molar-refractivity contribution >= 4 is 11.9 Å². The quantitative estimate of drug-likeness (QED) is 0.463. The van der Waals surface area contributed by atoms with Gasteiger partial charge >= 0.3 is 6.01 Å². The monoisotopic (exact) mass is 278 g/mol. The molecular weight excluding hydrogens is 256 g/mol. The van der Waals surface area contributed by atoms with Gasteiger partial charge < -0.3 is 9.64 Å². The number of nitrogens with zero attached hydrogens (tertiary/aromatic N) is 4. The number of nitrogens with one attached hydrogen (secondary N) is 1. The van der Waals surface area contributed by atoms with Crippen LogP contribution in [0.1, 0.15) is 32.6 Å². The van der Waals surface area contributed by atoms with Crippen molar-refractivity contribution in [2.24, 2.45) is 5.84 Å². The van der Waals surface area contributed by atoms with Crippen LogP contribution in [0.4, 0.5) is 11.9 Å². The Labute approximate surface area is 119 Å². The molecule has 110 valence electrons. The summed E-state index contributed by atoms with van der Waals surface area (Å²) in [6, 6.07) is 0.301. The van der Waals surface area contributed by atoms with E-state index in [4.69, 9.17) is 10.6 Å². The summed E-state index contributed by atoms with van der Waals surface area (Å²) in [6.07, 6.45) is 4.34. The summed E-state index contributed by atoms with van der Waals surface area (Å²) in [6.45, 7) is 8.22. The first kappa shape index (κ1) is 14.5. The summed E-state index contributed by atoms with van der Waals surface area (Å²) in [7, 11) is 0. The van der Waals surface area contributed by atoms with Crippen molar-refractivity contribution in [3.8, 4) is 6.01 Å². The first-order chi connectivity index (χ1) is 9.69. The number of nitrogens with two attached hydrogens (primary N) is 1. The van der Waals surface area contributed by atoms with Crippen molar-refractivity contribution in [3.05, 3.63) is 12.2 Å². The van der Waals surface area contributed by atoms with E-state index < -0.39 is 0 Å². The molecule has 3 N–H and O–H groups in total. The molecule has 2 heterocycles. The summed E-state index contributed by atoms with van der Waals surface area (Å²) in [4.78, 5) is 14.9. The molecule has 1 saturated heterocycles. The smallest absolute Gasteiger partial charge is 0.323 e. The molecule has 0 unspecified atom stereocenters. The molecule has 0 spiro atoms. The van der Waals surface area contributed by atoms with Crippen LogP contribution in [0.3, 0.4) is 0 Å². The third kappa shape index (κ3) is 4.06. The highest BCUT2D eigenvalue weighted by Crippen LogP contribution is 2.19. The summed E-state index contributed by atoms with van der Waals surface area (Å²) >= 11 is 0. The molecule has 2 rings (SSSR count). The average Bonchev–Trinajstić information content (AvgIpc) is 2.47. The SMILES string of the molecule is C=C(C)CCOc1nc(NN)nc(N2CCCCC2)n1. The lowest BCUT2D eigenvalue weighted by molar-refractivity contribution is 0.295. The highest BCUT2D eigenvalue weighted by molar-refractivity contribution is 5.38. The van der Waals surface area contributed by atoms with Gasteiger partial charge in [0.25, 0.3) is 0 Å². The Kier molecular flexibility index (Phi) is 5.11. The number of ether oxygens (including phenoxy) is 1. The molecule has 0 aromatic carbocycles. The lowest BCUT2D eigenvalue weighted by Gasteiger charge is -2.26. The fourth-order valence-corrected chi connectivity index (χ4v) is 2.03. The molecule has 7 heteroatoms. The van der Waals surface area contributed by atoms with Crippen LogP contribution in [0.2, 0.25) is 0 Å². The first-order valence-corrected chi connectivity index (χ1v) is 6.94. The minimum absolute atomic E-state index is 0.301. The van der Waals surface area contributed by atoms with E-state index in [1.807, 2.05) is 6.92 Å². The van der Waals surface area contributed by atoms with Crippen LogP contribution in [0.25, 0.3) is 0 Å². The molecule has 1 aliphatic heterocycles. The number of nitrogen functional groups attached to an aromatic ring is 1. The lowest BCUT2D eigenvalue weighted by Crippen LogP contribution is -2.31. The van der Waals surface area contributed by atoms with E-state index in [9.17, 15) is 0 Å². The van der Waals surface area contributed by atoms with Gasteiger partial charge in [-0.05, 0) is 26.2 Å². The lowest BCUT2D eigenvalue weighted by atomic mass is 10.1. The Bertz CT molecular complexity index is 458. The highest BCUT2D eigenvalue weighted by atomic mass is 16.5. The third-order valence-corrected chi connectivity index (χ3v) is 3.13. The number of anilines is 2. The average molecular weight is 278 g/mol. The Balaban J connectivity index is 2.08. The zero-order valence-electron chi connectivity index (χ0n) is 11.9. The van der Waals surface area contributed by atoms with Gasteiger partial charge in [-0.15, -0.1) is 6.58 Å². The number of aromatic nitrogens is 3. The number of piperidine rings is 1. The van der Waals surface area contributed by atoms with Crippen LogP contribution in [0.15, 0.2) is 12.2 Å². The van der Waals surface area contributed by atoms with Gasteiger partial charge in [-0.25, -0.2) is 5.84 Å². The third-order valence-electron chi connectivity index (χ3n) is 3.13. The molecule has 7 nitrogen and oxygen atoms in total. The van der Waals surface area contributed by atoms with Crippen LogP contribution >= 0.6 is 0 Å². The van der Waals surface area contributed by atoms with Gasteiger partial charge in [-0.1, -0.05) is 5.57 Å². The number of hydrogen-bond donors (Lipinski definition) is 2. The van der Waals surface area contributed by atoms with Crippen molar-refractivity contribution in [2.45, 2.75) is 32.6 Å². The molecule has 1 fully saturated rings. The van der Waals surface area contributed by atoms with Crippen LogP contribution < -0.4 is 20.9 Å². The molecule has 0 atom stereocenters. The second-order valence-corrected chi connectivity index (χ2v) is 4.99. The van der Waals surface area contributed by atoms with Crippen molar-refractivity contribution in [1.82, 2.24) is 15.0 Å². The minimum atomic E-state index is 0.301. The van der Waals surface area contributed by atoms with Crippen LogP contribution in [0.5, 0.6) is 6.01 Å². The van der Waals surface area contributed by atoms with Gasteiger partial charge in [0.15, 0.2) is 0 Å². The minimum Gasteiger partial charge on any atom is -0.463 e. The number of hydrazine groups is 1. The van der Waals surface area contributed by atoms with E-state index in [0.29, 0.717) is 24.5 Å². The Morgan fingerprint density at radius 2 is 2.05 bits per heavy atom. The summed E-state index contributed by atoms with van der Waals surface area (Å²) in [5.41, 5.74) is 3.52. The van der Waals surface area contributed by atoms with Gasteiger partial charge in [-0.2, -0.15) is 15.0 Å². The van der Waals surface area contributed by atoms with E-state index in [0.717, 1.165) is 37.9 Å². The Morgan fingerprint density at radius 1 is 1.30 bits per heavy atom. The predicted octanol–water partition coefficient (Wildman–Crippen LogP) is 1.49. The van der Waals surface area contributed by atoms with Gasteiger partial charge in [0.1, 0.15) is 0 Å². The maximum atomic E-state index is 5.55. The fourth-order valence-electron chi connectivity index (χ4n) is 2.03. The van der Waals surface area contributed by atoms with Gasteiger partial charge in [0, 0.05) is 19.5 Å². The second kappa shape index (κ2) is 7.04. The molecule has 1 aromatic rings. The number of rotatable bonds is 6. The van der Waals surface area contributed by atoms with Crippen LogP contribution in [0, 0.1) is 0 Å². The molecule has 1 aliphatic rings. The van der Waals surface area contributed by atoms with Gasteiger partial charge in [0.05, 0.1) is 6.61 Å². The summed E-state index contributed by atoms with van der Waals surface area (Å²) in [5.74, 6) is 6.35. The number of hydrogen-bond acceptors (Lipinski definition) is 7. The molecular formula is C13H22N6O. The van der Waals surface area contributed by atoms with Crippen LogP contribution in [-0.4, -0.2) is 34.6 Å². The maximum absolute atomic E-state index is 5.55. The molecule has 1 aromatic heterocycles. The summed E-state index contributed by atoms with van der Waals surface area (Å²) in [5, 5.41) is 0. The molecule has 0 amide bonds. The molecule has 0 aliphatic carbocycles. The van der Waals surface area contributed by atoms with Gasteiger partial charge in [-0.3, -0.25) is 5.43 Å². The molecule has 20 heavy (non-hydrogen) atoms. The molecule has 0 radical (unpaired) electrons. The first-order valence-electron chi connectivity index (χ1n) is 6.94. The zero-order valence-corrected chi connectivity index (χ0v) is 11.9. The van der Waals surface area contributed by atoms with E-state index in [1.165, 1.54) is 6.42 Å². The maximum Gasteiger partial charge on any atom is 0.323 e. The fraction of sp³-hybridized carbons (Fsp3) is 0.615. The largest absolute Gasteiger partial charge is 0.463 e. The topological polar surface area (TPSA) is 89.2 Å². The van der Waals surface area contributed by atoms with Crippen molar-refractivity contribution in [3.63, 3.8) is 0 Å². The standard InChI is InChI=1S/C13H22N6O/c1-10(2)6-9-20-13-16-11(18-14)15-12(17-13)19-7-4-3-5-8-19/h1,3-9,14H2,2H3,(H,15,16,17,18). The zero-order chi connectivity index (χ0) is 14.4. The van der Waals surface area contributed by atoms with Gasteiger partial charge in [0.2, 0.25) is 11.9 Å². The summed E-state index contributed by atoms with van der Waals surface area (Å²) < 4.78 is 5.55. The highest BCUT2D eigenvalue weighted by Gasteiger charge is 2.16. The Morgan fingerprint density at radius 3 is 2.70 bits per heavy atom. The normalized spacial score (nSPS) is 15.0. The van der Waals surface area contributed by atoms with E-state index in [2.05, 4.69) is 31.9 Å². The van der Waals surface area contributed by atoms with Crippen molar-refractivity contribution in [1.29, 1.82) is 0 Å². The van der Waals surface area contributed by atoms with Crippen LogP contribution in [-0.2, 0) is 0 Å². The Hall–Kier alpha value is -1.89. The van der Waals surface area contributed by atoms with Crippen molar-refractivity contribution in [2.75, 3.05) is 30.0 Å². The predicted molar refractivity (Wildman–Crippen MR) is 78.6 cm³/mol. The van der Waals surface area contributed by atoms with E-state index in [1.54, 1.807) is 0 Å². The molecule has 0 saturated carbocycles. The van der Waals surface area contributed by atoms with Crippen molar-refractivity contribution < 1.29 is 4.74 Å².